The summed E-state index contributed by atoms with van der Waals surface area (Å²) >= 11 is 0. The molecule has 37 heavy (non-hydrogen) atoms. The second-order valence-electron chi connectivity index (χ2n) is 10.7. The molecule has 1 aromatic rings. The highest BCUT2D eigenvalue weighted by Gasteiger charge is 2.39. The Balaban J connectivity index is 2.24. The molecule has 6 nitrogen and oxygen atoms in total. The highest BCUT2D eigenvalue weighted by molar-refractivity contribution is 7.53. The molecule has 3 N–H and O–H groups in total. The van der Waals surface area contributed by atoms with Crippen molar-refractivity contribution in [3.8, 4) is 0 Å². The molecule has 1 unspecified atom stereocenters. The molecule has 0 heterocycles. The van der Waals surface area contributed by atoms with Crippen molar-refractivity contribution in [2.75, 3.05) is 6.54 Å². The molecule has 0 saturated heterocycles. The quantitative estimate of drug-likeness (QED) is 0.0897. The Morgan fingerprint density at radius 1 is 0.811 bits per heavy atom. The molecule has 0 bridgehead atoms. The number of benzene rings is 1. The van der Waals surface area contributed by atoms with E-state index in [2.05, 4.69) is 12.2 Å². The first-order chi connectivity index (χ1) is 17.8. The van der Waals surface area contributed by atoms with E-state index in [1.54, 1.807) is 38.1 Å². The fraction of sp³-hybridized carbons (Fsp3) is 0.767. The first-order valence-electron chi connectivity index (χ1n) is 14.8. The van der Waals surface area contributed by atoms with Crippen molar-refractivity contribution in [2.24, 2.45) is 5.92 Å². The van der Waals surface area contributed by atoms with Crippen molar-refractivity contribution in [1.82, 2.24) is 5.32 Å². The van der Waals surface area contributed by atoms with E-state index in [4.69, 9.17) is 4.52 Å². The summed E-state index contributed by atoms with van der Waals surface area (Å²) in [6.07, 6.45) is 19.4. The largest absolute Gasteiger partial charge is 0.479 e. The van der Waals surface area contributed by atoms with Crippen LogP contribution in [0.2, 0.25) is 0 Å². The fourth-order valence-corrected chi connectivity index (χ4v) is 6.33. The van der Waals surface area contributed by atoms with Gasteiger partial charge in [0.2, 0.25) is 0 Å². The lowest BCUT2D eigenvalue weighted by Gasteiger charge is -2.28. The summed E-state index contributed by atoms with van der Waals surface area (Å²) in [5.74, 6) is -2.60. The standard InChI is InChI=1S/C30H54NO5P/c1-4-5-6-7-8-9-10-11-12-13-14-15-16-17-18-22-25-31-29(27-23-20-19-21-24-27)37(34,35)36-28(26(2)3)30(32)33/h19-21,23-24,26,28-29,31H,4-18,22,25H2,1-3H3,(H,32,33)(H,34,35)/t28-,29-/m0/s1. The Morgan fingerprint density at radius 3 is 1.65 bits per heavy atom. The molecule has 3 atom stereocenters. The van der Waals surface area contributed by atoms with E-state index < -0.39 is 31.4 Å². The molecule has 214 valence electrons. The van der Waals surface area contributed by atoms with Gasteiger partial charge < -0.3 is 10.00 Å². The molecule has 0 aliphatic rings. The van der Waals surface area contributed by atoms with Crippen LogP contribution in [0, 0.1) is 5.92 Å². The zero-order chi connectivity index (χ0) is 27.4. The fourth-order valence-electron chi connectivity index (χ4n) is 4.64. The second kappa shape index (κ2) is 20.7. The summed E-state index contributed by atoms with van der Waals surface area (Å²) < 4.78 is 18.5. The highest BCUT2D eigenvalue weighted by Crippen LogP contribution is 2.56. The van der Waals surface area contributed by atoms with Gasteiger partial charge in [0.05, 0.1) is 0 Å². The van der Waals surface area contributed by atoms with Gasteiger partial charge in [-0.3, -0.25) is 14.4 Å². The van der Waals surface area contributed by atoms with Gasteiger partial charge in [-0.05, 0) is 24.4 Å². The average Bonchev–Trinajstić information content (AvgIpc) is 2.86. The number of carbonyl (C=O) groups is 1. The van der Waals surface area contributed by atoms with Crippen LogP contribution in [0.15, 0.2) is 30.3 Å². The first-order valence-corrected chi connectivity index (χ1v) is 16.5. The number of carboxylic acids is 1. The summed E-state index contributed by atoms with van der Waals surface area (Å²) in [5, 5.41) is 12.6. The minimum atomic E-state index is -4.27. The number of rotatable bonds is 24. The van der Waals surface area contributed by atoms with Crippen LogP contribution in [-0.4, -0.2) is 28.6 Å². The number of hydrogen-bond acceptors (Lipinski definition) is 4. The molecule has 1 aromatic carbocycles. The summed E-state index contributed by atoms with van der Waals surface area (Å²) in [5.41, 5.74) is 0.623. The van der Waals surface area contributed by atoms with Crippen molar-refractivity contribution >= 4 is 13.6 Å². The molecule has 0 radical (unpaired) electrons. The molecule has 0 aliphatic heterocycles. The van der Waals surface area contributed by atoms with Crippen molar-refractivity contribution in [1.29, 1.82) is 0 Å². The van der Waals surface area contributed by atoms with E-state index in [0.717, 1.165) is 19.3 Å². The van der Waals surface area contributed by atoms with Crippen LogP contribution in [0.5, 0.6) is 0 Å². The van der Waals surface area contributed by atoms with Crippen LogP contribution < -0.4 is 5.32 Å². The van der Waals surface area contributed by atoms with Gasteiger partial charge in [0.25, 0.3) is 0 Å². The molecular formula is C30H54NO5P. The summed E-state index contributed by atoms with van der Waals surface area (Å²) in [4.78, 5) is 22.3. The topological polar surface area (TPSA) is 95.9 Å². The molecule has 0 saturated carbocycles. The van der Waals surface area contributed by atoms with Gasteiger partial charge in [-0.25, -0.2) is 4.79 Å². The van der Waals surface area contributed by atoms with E-state index >= 15 is 0 Å². The number of nitrogens with one attached hydrogen (secondary N) is 1. The summed E-state index contributed by atoms with van der Waals surface area (Å²) in [7, 11) is -4.27. The van der Waals surface area contributed by atoms with E-state index in [1.165, 1.54) is 83.5 Å². The molecular weight excluding hydrogens is 485 g/mol. The average molecular weight is 540 g/mol. The Labute approximate surface area is 226 Å². The number of carboxylic acid groups (broad SMARTS) is 1. The lowest BCUT2D eigenvalue weighted by molar-refractivity contribution is -0.147. The Bertz CT molecular complexity index is 743. The third-order valence-corrected chi connectivity index (χ3v) is 8.59. The minimum Gasteiger partial charge on any atom is -0.479 e. The van der Waals surface area contributed by atoms with Crippen molar-refractivity contribution in [3.63, 3.8) is 0 Å². The van der Waals surface area contributed by atoms with E-state index in [1.807, 2.05) is 6.07 Å². The zero-order valence-electron chi connectivity index (χ0n) is 23.7. The van der Waals surface area contributed by atoms with Crippen LogP contribution >= 0.6 is 7.60 Å². The number of aliphatic carboxylic acids is 1. The second-order valence-corrected chi connectivity index (χ2v) is 12.6. The molecule has 7 heteroatoms. The minimum absolute atomic E-state index is 0.422. The molecule has 0 aliphatic carbocycles. The van der Waals surface area contributed by atoms with Gasteiger partial charge in [0.15, 0.2) is 6.10 Å². The lowest BCUT2D eigenvalue weighted by atomic mass is 10.0. The van der Waals surface area contributed by atoms with Crippen molar-refractivity contribution in [3.05, 3.63) is 35.9 Å². The van der Waals surface area contributed by atoms with Gasteiger partial charge in [0, 0.05) is 0 Å². The lowest BCUT2D eigenvalue weighted by Crippen LogP contribution is -2.31. The molecule has 1 rings (SSSR count). The third-order valence-electron chi connectivity index (χ3n) is 6.92. The van der Waals surface area contributed by atoms with Crippen LogP contribution in [0.3, 0.4) is 0 Å². The monoisotopic (exact) mass is 539 g/mol. The SMILES string of the molecule is CCCCCCCCCCCCCCCCCCN[C@H](c1ccccc1)P(=O)(O)O[C@H](C(=O)O)C(C)C. The van der Waals surface area contributed by atoms with E-state index in [0.29, 0.717) is 12.1 Å². The van der Waals surface area contributed by atoms with Crippen LogP contribution in [0.25, 0.3) is 0 Å². The van der Waals surface area contributed by atoms with Crippen LogP contribution in [-0.2, 0) is 13.9 Å². The Morgan fingerprint density at radius 2 is 1.24 bits per heavy atom. The number of unbranched alkanes of at least 4 members (excludes halogenated alkanes) is 15. The maximum Gasteiger partial charge on any atom is 0.350 e. The Hall–Kier alpha value is -1.20. The maximum atomic E-state index is 13.1. The van der Waals surface area contributed by atoms with Crippen LogP contribution in [0.1, 0.15) is 135 Å². The van der Waals surface area contributed by atoms with Crippen LogP contribution in [0.4, 0.5) is 0 Å². The predicted molar refractivity (Wildman–Crippen MR) is 154 cm³/mol. The highest BCUT2D eigenvalue weighted by atomic mass is 31.2. The molecule has 0 aromatic heterocycles. The Kier molecular flexibility index (Phi) is 18.9. The zero-order valence-corrected chi connectivity index (χ0v) is 24.6. The van der Waals surface area contributed by atoms with Crippen molar-refractivity contribution < 1.29 is 23.9 Å². The predicted octanol–water partition coefficient (Wildman–Crippen LogP) is 8.85. The van der Waals surface area contributed by atoms with Gasteiger partial charge >= 0.3 is 13.6 Å². The normalized spacial score (nSPS) is 14.9. The summed E-state index contributed by atoms with van der Waals surface area (Å²) in [6, 6.07) is 8.98. The molecule has 0 amide bonds. The molecule has 0 fully saturated rings. The van der Waals surface area contributed by atoms with Gasteiger partial charge in [-0.2, -0.15) is 0 Å². The smallest absolute Gasteiger partial charge is 0.350 e. The van der Waals surface area contributed by atoms with E-state index in [9.17, 15) is 19.4 Å². The first kappa shape index (κ1) is 33.8. The number of hydrogen-bond donors (Lipinski definition) is 3. The maximum absolute atomic E-state index is 13.1. The van der Waals surface area contributed by atoms with Crippen molar-refractivity contribution in [2.45, 2.75) is 135 Å². The van der Waals surface area contributed by atoms with Gasteiger partial charge in [0.1, 0.15) is 5.78 Å². The van der Waals surface area contributed by atoms with Gasteiger partial charge in [-0.15, -0.1) is 0 Å². The van der Waals surface area contributed by atoms with E-state index in [-0.39, 0.29) is 0 Å². The third kappa shape index (κ3) is 15.7. The summed E-state index contributed by atoms with van der Waals surface area (Å²) in [6.45, 7) is 6.17. The molecule has 0 spiro atoms. The van der Waals surface area contributed by atoms with Gasteiger partial charge in [-0.1, -0.05) is 147 Å².